The maximum atomic E-state index is 13.4. The van der Waals surface area contributed by atoms with Crippen molar-refractivity contribution in [3.8, 4) is 0 Å². The van der Waals surface area contributed by atoms with E-state index in [-0.39, 0.29) is 24.5 Å². The Labute approximate surface area is 173 Å². The molecule has 4 heterocycles. The van der Waals surface area contributed by atoms with Crippen LogP contribution in [0.1, 0.15) is 11.3 Å². The lowest BCUT2D eigenvalue weighted by Gasteiger charge is -2.27. The molecule has 2 saturated heterocycles. The molecule has 1 spiro atoms. The number of anilines is 1. The highest BCUT2D eigenvalue weighted by Gasteiger charge is 2.67. The van der Waals surface area contributed by atoms with Gasteiger partial charge in [0.25, 0.3) is 0 Å². The minimum Gasteiger partial charge on any atom is -0.396 e. The third-order valence-corrected chi connectivity index (χ3v) is 6.30. The lowest BCUT2D eigenvalue weighted by molar-refractivity contribution is -0.139. The molecular weight excluding hydrogens is 386 g/mol. The molecule has 0 unspecified atom stereocenters. The number of carbonyl (C=O) groups excluding carboxylic acids is 2. The number of hydrogen-bond donors (Lipinski definition) is 1. The number of ether oxygens (including phenoxy) is 1. The molecule has 2 aromatic rings. The van der Waals surface area contributed by atoms with Crippen LogP contribution >= 0.6 is 0 Å². The van der Waals surface area contributed by atoms with E-state index >= 15 is 0 Å². The van der Waals surface area contributed by atoms with Gasteiger partial charge in [0.05, 0.1) is 31.0 Å². The van der Waals surface area contributed by atoms with Crippen molar-refractivity contribution in [1.29, 1.82) is 0 Å². The molecule has 2 fully saturated rings. The summed E-state index contributed by atoms with van der Waals surface area (Å²) in [6.45, 7) is 0.782. The lowest BCUT2D eigenvalue weighted by Crippen LogP contribution is -2.44. The summed E-state index contributed by atoms with van der Waals surface area (Å²) >= 11 is 0. The summed E-state index contributed by atoms with van der Waals surface area (Å²) in [5, 5.41) is 13.0. The zero-order valence-corrected chi connectivity index (χ0v) is 16.6. The third kappa shape index (κ3) is 2.86. The van der Waals surface area contributed by atoms with E-state index in [0.717, 1.165) is 11.3 Å². The highest BCUT2D eigenvalue weighted by atomic mass is 16.5. The standard InChI is InChI=1S/C22H23N3O5/c1-24(12-15-8-11-29-23-15)20(27)18-17-6-9-22(30-17)13-25(21(28)19(18)22)16-4-2-14(3-5-16)7-10-26/h2-6,8-9,11,17-19,26H,7,10,12-13H2,1H3/t17-,18+,19+,22-/m0/s1. The molecule has 5 rings (SSSR count). The van der Waals surface area contributed by atoms with Gasteiger partial charge >= 0.3 is 0 Å². The van der Waals surface area contributed by atoms with E-state index in [2.05, 4.69) is 5.16 Å². The van der Waals surface area contributed by atoms with Gasteiger partial charge in [-0.25, -0.2) is 0 Å². The Kier molecular flexibility index (Phi) is 4.48. The van der Waals surface area contributed by atoms with Crippen LogP contribution < -0.4 is 4.90 Å². The number of carbonyl (C=O) groups is 2. The van der Waals surface area contributed by atoms with Crippen molar-refractivity contribution in [2.24, 2.45) is 11.8 Å². The van der Waals surface area contributed by atoms with Crippen molar-refractivity contribution < 1.29 is 24.0 Å². The fourth-order valence-electron chi connectivity index (χ4n) is 4.86. The Hall–Kier alpha value is -2.97. The number of hydrogen-bond acceptors (Lipinski definition) is 6. The SMILES string of the molecule is CN(Cc1ccon1)C(=O)[C@@H]1[C@@H]2C=C[C@@]3(CN(c4ccc(CCO)cc4)C(=O)[C@@H]13)O2. The number of fused-ring (bicyclic) bond motifs is 1. The first-order chi connectivity index (χ1) is 14.5. The largest absolute Gasteiger partial charge is 0.396 e. The van der Waals surface area contributed by atoms with E-state index in [9.17, 15) is 9.59 Å². The van der Waals surface area contributed by atoms with Gasteiger partial charge in [0.2, 0.25) is 11.8 Å². The first kappa shape index (κ1) is 19.0. The van der Waals surface area contributed by atoms with Gasteiger partial charge in [0.15, 0.2) is 0 Å². The zero-order chi connectivity index (χ0) is 20.9. The van der Waals surface area contributed by atoms with E-state index < -0.39 is 17.4 Å². The van der Waals surface area contributed by atoms with Crippen molar-refractivity contribution in [2.45, 2.75) is 24.7 Å². The van der Waals surface area contributed by atoms with Crippen LogP contribution in [0.3, 0.4) is 0 Å². The number of aliphatic hydroxyl groups is 1. The van der Waals surface area contributed by atoms with Crippen LogP contribution in [-0.4, -0.2) is 58.9 Å². The minimum absolute atomic E-state index is 0.0822. The summed E-state index contributed by atoms with van der Waals surface area (Å²) in [7, 11) is 1.70. The Morgan fingerprint density at radius 1 is 1.33 bits per heavy atom. The number of benzene rings is 1. The van der Waals surface area contributed by atoms with E-state index in [1.807, 2.05) is 36.4 Å². The van der Waals surface area contributed by atoms with Gasteiger partial charge in [-0.1, -0.05) is 29.4 Å². The predicted molar refractivity (Wildman–Crippen MR) is 106 cm³/mol. The molecule has 1 aromatic carbocycles. The number of aromatic nitrogens is 1. The molecule has 0 radical (unpaired) electrons. The Morgan fingerprint density at radius 2 is 2.13 bits per heavy atom. The second-order valence-electron chi connectivity index (χ2n) is 8.15. The van der Waals surface area contributed by atoms with Crippen LogP contribution in [0.2, 0.25) is 0 Å². The highest BCUT2D eigenvalue weighted by Crippen LogP contribution is 2.53. The van der Waals surface area contributed by atoms with Crippen molar-refractivity contribution in [2.75, 3.05) is 25.1 Å². The minimum atomic E-state index is -0.763. The molecule has 1 N–H and O–H groups in total. The van der Waals surface area contributed by atoms with Gasteiger partial charge in [-0.2, -0.15) is 0 Å². The molecule has 8 heteroatoms. The van der Waals surface area contributed by atoms with E-state index in [4.69, 9.17) is 14.4 Å². The average molecular weight is 409 g/mol. The molecule has 8 nitrogen and oxygen atoms in total. The maximum absolute atomic E-state index is 13.4. The van der Waals surface area contributed by atoms with Crippen LogP contribution in [0, 0.1) is 11.8 Å². The topological polar surface area (TPSA) is 96.1 Å². The van der Waals surface area contributed by atoms with Crippen LogP contribution in [0.4, 0.5) is 5.69 Å². The van der Waals surface area contributed by atoms with Crippen molar-refractivity contribution in [1.82, 2.24) is 10.1 Å². The van der Waals surface area contributed by atoms with Crippen LogP contribution in [0.25, 0.3) is 0 Å². The van der Waals surface area contributed by atoms with Gasteiger partial charge in [-0.3, -0.25) is 9.59 Å². The van der Waals surface area contributed by atoms with Gasteiger partial charge < -0.3 is 24.2 Å². The second-order valence-corrected chi connectivity index (χ2v) is 8.15. The van der Waals surface area contributed by atoms with E-state index in [1.54, 1.807) is 22.9 Å². The fraction of sp³-hybridized carbons (Fsp3) is 0.409. The molecule has 156 valence electrons. The lowest BCUT2D eigenvalue weighted by atomic mass is 9.76. The summed E-state index contributed by atoms with van der Waals surface area (Å²) in [6.07, 6.45) is 5.51. The van der Waals surface area contributed by atoms with Crippen molar-refractivity contribution in [3.05, 3.63) is 60.0 Å². The molecule has 30 heavy (non-hydrogen) atoms. The number of rotatable bonds is 6. The van der Waals surface area contributed by atoms with Gasteiger partial charge in [-0.15, -0.1) is 0 Å². The number of aliphatic hydroxyl groups excluding tert-OH is 1. The third-order valence-electron chi connectivity index (χ3n) is 6.30. The monoisotopic (exact) mass is 409 g/mol. The average Bonchev–Trinajstić information content (AvgIpc) is 3.51. The normalized spacial score (nSPS) is 28.9. The first-order valence-electron chi connectivity index (χ1n) is 10.0. The zero-order valence-electron chi connectivity index (χ0n) is 16.6. The predicted octanol–water partition coefficient (Wildman–Crippen LogP) is 1.15. The van der Waals surface area contributed by atoms with Crippen LogP contribution in [0.5, 0.6) is 0 Å². The second kappa shape index (κ2) is 7.07. The van der Waals surface area contributed by atoms with Crippen molar-refractivity contribution in [3.63, 3.8) is 0 Å². The van der Waals surface area contributed by atoms with Crippen LogP contribution in [0.15, 0.2) is 53.3 Å². The highest BCUT2D eigenvalue weighted by molar-refractivity contribution is 6.03. The Morgan fingerprint density at radius 3 is 2.83 bits per heavy atom. The Balaban J connectivity index is 1.39. The molecular formula is C22H23N3O5. The molecule has 2 amide bonds. The van der Waals surface area contributed by atoms with Crippen molar-refractivity contribution >= 4 is 17.5 Å². The quantitative estimate of drug-likeness (QED) is 0.720. The molecule has 4 atom stereocenters. The summed E-state index contributed by atoms with van der Waals surface area (Å²) in [5.41, 5.74) is 1.67. The molecule has 0 aliphatic carbocycles. The smallest absolute Gasteiger partial charge is 0.234 e. The van der Waals surface area contributed by atoms with Gasteiger partial charge in [0, 0.05) is 25.4 Å². The van der Waals surface area contributed by atoms with E-state index in [0.29, 0.717) is 25.2 Å². The molecule has 1 aromatic heterocycles. The first-order valence-corrected chi connectivity index (χ1v) is 10.0. The number of nitrogens with zero attached hydrogens (tertiary/aromatic N) is 3. The van der Waals surface area contributed by atoms with Gasteiger partial charge in [-0.05, 0) is 24.1 Å². The Bertz CT molecular complexity index is 987. The molecule has 3 aliphatic rings. The fourth-order valence-corrected chi connectivity index (χ4v) is 4.86. The van der Waals surface area contributed by atoms with Crippen LogP contribution in [-0.2, 0) is 27.3 Å². The summed E-state index contributed by atoms with van der Waals surface area (Å²) in [4.78, 5) is 30.0. The molecule has 3 aliphatic heterocycles. The molecule has 2 bridgehead atoms. The van der Waals surface area contributed by atoms with E-state index in [1.165, 1.54) is 6.26 Å². The molecule has 0 saturated carbocycles. The number of amides is 2. The maximum Gasteiger partial charge on any atom is 0.234 e. The summed E-state index contributed by atoms with van der Waals surface area (Å²) < 4.78 is 11.0. The summed E-state index contributed by atoms with van der Waals surface area (Å²) in [6, 6.07) is 9.29. The van der Waals surface area contributed by atoms with Gasteiger partial charge in [0.1, 0.15) is 17.6 Å². The summed E-state index contributed by atoms with van der Waals surface area (Å²) in [5.74, 6) is -1.33.